The smallest absolute Gasteiger partial charge is 0.425 e. The first-order valence-electron chi connectivity index (χ1n) is 18.1. The molecule has 4 N–H and O–H groups in total. The zero-order chi connectivity index (χ0) is 39.7. The number of imidazole rings is 2. The fraction of sp³-hybridized carbons (Fsp3) is 0.268. The van der Waals surface area contributed by atoms with Crippen LogP contribution >= 0.6 is 0 Å². The molecular formula is C41H42N8O7. The molecule has 6 aromatic rings. The van der Waals surface area contributed by atoms with Crippen molar-refractivity contribution in [2.45, 2.75) is 51.7 Å². The molecule has 1 aliphatic rings. The number of amides is 4. The van der Waals surface area contributed by atoms with Gasteiger partial charge in [-0.05, 0) is 73.6 Å². The lowest BCUT2D eigenvalue weighted by atomic mass is 10.0. The van der Waals surface area contributed by atoms with E-state index in [9.17, 15) is 19.2 Å². The molecule has 4 aromatic heterocycles. The standard InChI is InChI=1S/C41H42N8O7/c1-22(2)35(46-40(52)54-5)39(51)48-19-7-8-30(48)36-42-20-28(44-36)26-13-9-24(10-14-26)25-11-15-27(16-12-25)29-21-43-37(45-29)33-31-17-18-32(56-31)34(33)38(50)49(23(3)4)47-41(53)55-6/h9-18,20-21,23,30,35H,1,7-8,19H2,2-6H3,(H,42,44)(H,43,45)(H,46,52)(H,47,53)/t30-,35-/m0/s1. The lowest BCUT2D eigenvalue weighted by molar-refractivity contribution is -0.133. The molecule has 2 bridgehead atoms. The van der Waals surface area contributed by atoms with Gasteiger partial charge in [0.15, 0.2) is 0 Å². The molecule has 0 saturated carbocycles. The van der Waals surface area contributed by atoms with E-state index in [1.54, 1.807) is 50.2 Å². The Bertz CT molecular complexity index is 2390. The van der Waals surface area contributed by atoms with Gasteiger partial charge in [0.2, 0.25) is 5.91 Å². The number of fused-ring (bicyclic) bond motifs is 2. The van der Waals surface area contributed by atoms with Crippen molar-refractivity contribution in [2.75, 3.05) is 20.8 Å². The van der Waals surface area contributed by atoms with Crippen molar-refractivity contribution in [3.63, 3.8) is 0 Å². The third kappa shape index (κ3) is 7.18. The number of benzene rings is 3. The van der Waals surface area contributed by atoms with Gasteiger partial charge in [-0.2, -0.15) is 0 Å². The average molecular weight is 759 g/mol. The molecule has 0 spiro atoms. The molecule has 288 valence electrons. The first-order chi connectivity index (χ1) is 27.0. The van der Waals surface area contributed by atoms with Crippen molar-refractivity contribution >= 4 is 35.2 Å². The summed E-state index contributed by atoms with van der Waals surface area (Å²) in [5.74, 6) is 0.437. The number of likely N-dealkylation sites (tertiary alicyclic amines) is 1. The second-order valence-electron chi connectivity index (χ2n) is 13.9. The molecule has 1 saturated heterocycles. The molecule has 15 nitrogen and oxygen atoms in total. The summed E-state index contributed by atoms with van der Waals surface area (Å²) >= 11 is 0. The Morgan fingerprint density at radius 2 is 1.45 bits per heavy atom. The molecule has 15 heteroatoms. The number of ether oxygens (including phenoxy) is 2. The first kappa shape index (κ1) is 37.4. The van der Waals surface area contributed by atoms with Gasteiger partial charge < -0.3 is 34.1 Å². The van der Waals surface area contributed by atoms with Crippen molar-refractivity contribution in [3.05, 3.63) is 96.6 Å². The first-order valence-corrected chi connectivity index (χ1v) is 18.1. The van der Waals surface area contributed by atoms with E-state index in [-0.39, 0.29) is 23.6 Å². The normalized spacial score (nSPS) is 14.5. The molecule has 1 fully saturated rings. The minimum Gasteiger partial charge on any atom is -0.456 e. The van der Waals surface area contributed by atoms with Crippen LogP contribution in [0.25, 0.3) is 56.2 Å². The van der Waals surface area contributed by atoms with Crippen molar-refractivity contribution in [1.29, 1.82) is 0 Å². The molecule has 4 amide bonds. The number of carbonyl (C=O) groups is 4. The number of carbonyl (C=O) groups excluding carboxylic acids is 4. The number of hydrogen-bond donors (Lipinski definition) is 4. The highest BCUT2D eigenvalue weighted by Crippen LogP contribution is 2.38. The van der Waals surface area contributed by atoms with E-state index in [2.05, 4.69) is 37.3 Å². The second-order valence-corrected chi connectivity index (χ2v) is 13.9. The topological polar surface area (TPSA) is 188 Å². The van der Waals surface area contributed by atoms with Crippen LogP contribution in [0.4, 0.5) is 9.59 Å². The van der Waals surface area contributed by atoms with E-state index < -0.39 is 24.1 Å². The summed E-state index contributed by atoms with van der Waals surface area (Å²) in [6, 6.07) is 18.1. The lowest BCUT2D eigenvalue weighted by Gasteiger charge is -2.28. The SMILES string of the molecule is C=C(C)[C@H](NC(=O)OC)C(=O)N1CCC[C@H]1c1ncc(-c2ccc(-c3ccc(-c4cnc(-c5c(C(=O)N(NC(=O)OC)C(C)C)c6ccc5o6)[nH]4)cc3)cc2)[nH]1. The maximum Gasteiger partial charge on any atom is 0.425 e. The van der Waals surface area contributed by atoms with Gasteiger partial charge in [0.1, 0.15) is 28.9 Å². The highest BCUT2D eigenvalue weighted by Gasteiger charge is 2.37. The Balaban J connectivity index is 1.05. The number of nitrogens with one attached hydrogen (secondary N) is 4. The molecule has 56 heavy (non-hydrogen) atoms. The summed E-state index contributed by atoms with van der Waals surface area (Å²) in [4.78, 5) is 68.8. The number of H-pyrrole nitrogens is 2. The van der Waals surface area contributed by atoms with Crippen LogP contribution < -0.4 is 10.7 Å². The minimum atomic E-state index is -0.891. The number of hydrogen-bond acceptors (Lipinski definition) is 9. The molecule has 7 rings (SSSR count). The van der Waals surface area contributed by atoms with Crippen LogP contribution in [-0.2, 0) is 14.3 Å². The Kier molecular flexibility index (Phi) is 10.3. The highest BCUT2D eigenvalue weighted by atomic mass is 16.5. The second kappa shape index (κ2) is 15.5. The minimum absolute atomic E-state index is 0.250. The zero-order valence-corrected chi connectivity index (χ0v) is 31.6. The number of methoxy groups -OCH3 is 2. The number of nitrogens with zero attached hydrogens (tertiary/aromatic N) is 4. The Morgan fingerprint density at radius 1 is 0.857 bits per heavy atom. The fourth-order valence-corrected chi connectivity index (χ4v) is 6.96. The molecule has 2 atom stereocenters. The quantitative estimate of drug-likeness (QED) is 0.0837. The third-order valence-electron chi connectivity index (χ3n) is 9.87. The Hall–Kier alpha value is -6.90. The van der Waals surface area contributed by atoms with Gasteiger partial charge in [0.25, 0.3) is 5.91 Å². The molecule has 0 radical (unpaired) electrons. The van der Waals surface area contributed by atoms with Gasteiger partial charge in [-0.15, -0.1) is 0 Å². The number of rotatable bonds is 10. The van der Waals surface area contributed by atoms with Crippen LogP contribution in [0.3, 0.4) is 0 Å². The van der Waals surface area contributed by atoms with Crippen LogP contribution in [0.15, 0.2) is 89.6 Å². The Morgan fingerprint density at radius 3 is 2.05 bits per heavy atom. The maximum absolute atomic E-state index is 13.7. The monoisotopic (exact) mass is 758 g/mol. The Labute approximate surface area is 322 Å². The van der Waals surface area contributed by atoms with Gasteiger partial charge in [0.05, 0.1) is 55.2 Å². The predicted octanol–water partition coefficient (Wildman–Crippen LogP) is 7.07. The number of alkyl carbamates (subject to hydrolysis) is 1. The summed E-state index contributed by atoms with van der Waals surface area (Å²) in [6.45, 7) is 9.69. The largest absolute Gasteiger partial charge is 0.456 e. The molecule has 1 aliphatic heterocycles. The average Bonchev–Trinajstić information content (AvgIpc) is 4.06. The van der Waals surface area contributed by atoms with Crippen LogP contribution in [-0.4, -0.2) is 86.7 Å². The van der Waals surface area contributed by atoms with Gasteiger partial charge in [-0.25, -0.2) is 30.0 Å². The molecule has 2 aromatic carbocycles. The van der Waals surface area contributed by atoms with E-state index in [1.807, 2.05) is 48.5 Å². The van der Waals surface area contributed by atoms with Crippen molar-refractivity contribution in [3.8, 4) is 45.0 Å². The van der Waals surface area contributed by atoms with E-state index in [0.29, 0.717) is 40.5 Å². The number of furan rings is 2. The van der Waals surface area contributed by atoms with Crippen LogP contribution in [0.2, 0.25) is 0 Å². The van der Waals surface area contributed by atoms with Crippen LogP contribution in [0.1, 0.15) is 55.8 Å². The van der Waals surface area contributed by atoms with E-state index >= 15 is 0 Å². The van der Waals surface area contributed by atoms with Gasteiger partial charge >= 0.3 is 12.2 Å². The fourth-order valence-electron chi connectivity index (χ4n) is 6.96. The van der Waals surface area contributed by atoms with Gasteiger partial charge in [-0.1, -0.05) is 55.1 Å². The summed E-state index contributed by atoms with van der Waals surface area (Å²) in [5, 5.41) is 3.79. The van der Waals surface area contributed by atoms with Crippen molar-refractivity contribution in [2.24, 2.45) is 0 Å². The van der Waals surface area contributed by atoms with E-state index in [1.165, 1.54) is 19.2 Å². The summed E-state index contributed by atoms with van der Waals surface area (Å²) in [5.41, 5.74) is 10.1. The maximum atomic E-state index is 13.7. The number of hydrazine groups is 1. The van der Waals surface area contributed by atoms with E-state index in [4.69, 9.17) is 13.9 Å². The summed E-state index contributed by atoms with van der Waals surface area (Å²) in [7, 11) is 2.49. The summed E-state index contributed by atoms with van der Waals surface area (Å²) in [6.07, 6.45) is 3.58. The van der Waals surface area contributed by atoms with Crippen molar-refractivity contribution < 1.29 is 33.1 Å². The highest BCUT2D eigenvalue weighted by molar-refractivity contribution is 6.11. The van der Waals surface area contributed by atoms with Gasteiger partial charge in [0, 0.05) is 12.6 Å². The van der Waals surface area contributed by atoms with Crippen molar-refractivity contribution in [1.82, 2.24) is 40.6 Å². The predicted molar refractivity (Wildman–Crippen MR) is 208 cm³/mol. The van der Waals surface area contributed by atoms with Gasteiger partial charge in [-0.3, -0.25) is 9.59 Å². The number of aromatic nitrogens is 4. The van der Waals surface area contributed by atoms with Crippen LogP contribution in [0.5, 0.6) is 0 Å². The number of aromatic amines is 2. The third-order valence-corrected chi connectivity index (χ3v) is 9.87. The van der Waals surface area contributed by atoms with E-state index in [0.717, 1.165) is 46.5 Å². The molecule has 5 heterocycles. The van der Waals surface area contributed by atoms with Crippen LogP contribution in [0, 0.1) is 0 Å². The summed E-state index contributed by atoms with van der Waals surface area (Å²) < 4.78 is 15.3. The molecule has 0 aliphatic carbocycles. The molecular weight excluding hydrogens is 716 g/mol. The lowest BCUT2D eigenvalue weighted by Crippen LogP contribution is -2.50. The molecule has 0 unspecified atom stereocenters. The zero-order valence-electron chi connectivity index (χ0n) is 31.6.